The van der Waals surface area contributed by atoms with Crippen LogP contribution in [0.4, 0.5) is 5.69 Å². The summed E-state index contributed by atoms with van der Waals surface area (Å²) < 4.78 is 5.38. The number of aromatic nitrogens is 2. The van der Waals surface area contributed by atoms with Crippen LogP contribution in [0, 0.1) is 10.1 Å². The van der Waals surface area contributed by atoms with Gasteiger partial charge in [0.2, 0.25) is 5.89 Å². The average Bonchev–Trinajstić information content (AvgIpc) is 2.84. The normalized spacial score (nSPS) is 10.6. The third-order valence-electron chi connectivity index (χ3n) is 2.45. The van der Waals surface area contributed by atoms with Crippen LogP contribution in [0.15, 0.2) is 22.6 Å². The van der Waals surface area contributed by atoms with E-state index >= 15 is 0 Å². The van der Waals surface area contributed by atoms with Crippen LogP contribution in [0.25, 0.3) is 11.5 Å². The van der Waals surface area contributed by atoms with E-state index in [9.17, 15) is 10.1 Å². The minimum absolute atomic E-state index is 0.107. The van der Waals surface area contributed by atoms with E-state index in [0.717, 1.165) is 0 Å². The van der Waals surface area contributed by atoms with Crippen LogP contribution in [0.2, 0.25) is 5.02 Å². The number of nitrogens with zero attached hydrogens (tertiary/aromatic N) is 3. The van der Waals surface area contributed by atoms with Gasteiger partial charge in [0.05, 0.1) is 4.92 Å². The summed E-state index contributed by atoms with van der Waals surface area (Å²) >= 11 is 5.74. The lowest BCUT2D eigenvalue weighted by molar-refractivity contribution is -0.384. The lowest BCUT2D eigenvalue weighted by Crippen LogP contribution is -2.00. The molecule has 8 heteroatoms. The highest BCUT2D eigenvalue weighted by atomic mass is 35.5. The van der Waals surface area contributed by atoms with Crippen molar-refractivity contribution in [2.24, 2.45) is 5.73 Å². The number of hydrogen-bond donors (Lipinski definition) is 1. The van der Waals surface area contributed by atoms with E-state index in [0.29, 0.717) is 25.3 Å². The molecule has 0 saturated heterocycles. The minimum Gasteiger partial charge on any atom is -0.420 e. The standard InChI is InChI=1S/C11H11ClN4O3/c12-7-3-4-8(9(6-7)16(17)18)11-15-14-10(19-11)2-1-5-13/h3-4,6H,1-2,5,13H2. The predicted octanol–water partition coefficient (Wildman–Crippen LogP) is 2.19. The predicted molar refractivity (Wildman–Crippen MR) is 68.8 cm³/mol. The van der Waals surface area contributed by atoms with Crippen molar-refractivity contribution in [2.45, 2.75) is 12.8 Å². The molecule has 0 aliphatic carbocycles. The largest absolute Gasteiger partial charge is 0.420 e. The number of nitrogens with two attached hydrogens (primary N) is 1. The molecule has 0 radical (unpaired) electrons. The van der Waals surface area contributed by atoms with Crippen LogP contribution >= 0.6 is 11.6 Å². The van der Waals surface area contributed by atoms with Gasteiger partial charge in [-0.15, -0.1) is 10.2 Å². The highest BCUT2D eigenvalue weighted by Crippen LogP contribution is 2.31. The van der Waals surface area contributed by atoms with Crippen molar-refractivity contribution in [3.05, 3.63) is 39.2 Å². The molecule has 19 heavy (non-hydrogen) atoms. The smallest absolute Gasteiger partial charge is 0.283 e. The Balaban J connectivity index is 2.36. The van der Waals surface area contributed by atoms with Gasteiger partial charge < -0.3 is 10.2 Å². The van der Waals surface area contributed by atoms with E-state index in [1.807, 2.05) is 0 Å². The molecule has 0 spiro atoms. The highest BCUT2D eigenvalue weighted by Gasteiger charge is 2.20. The summed E-state index contributed by atoms with van der Waals surface area (Å²) in [7, 11) is 0. The molecule has 0 amide bonds. The van der Waals surface area contributed by atoms with E-state index in [1.165, 1.54) is 18.2 Å². The summed E-state index contributed by atoms with van der Waals surface area (Å²) in [5.74, 6) is 0.514. The molecule has 2 aromatic rings. The highest BCUT2D eigenvalue weighted by molar-refractivity contribution is 6.30. The van der Waals surface area contributed by atoms with E-state index < -0.39 is 4.92 Å². The fraction of sp³-hybridized carbons (Fsp3) is 0.273. The molecule has 0 fully saturated rings. The molecule has 100 valence electrons. The molecular weight excluding hydrogens is 272 g/mol. The second-order valence-electron chi connectivity index (χ2n) is 3.81. The molecule has 0 aliphatic rings. The molecule has 0 bridgehead atoms. The summed E-state index contributed by atoms with van der Waals surface area (Å²) in [6.45, 7) is 0.513. The Morgan fingerprint density at radius 1 is 1.42 bits per heavy atom. The van der Waals surface area contributed by atoms with Crippen molar-refractivity contribution in [1.82, 2.24) is 10.2 Å². The Labute approximate surface area is 113 Å². The first-order valence-corrected chi connectivity index (χ1v) is 5.96. The SMILES string of the molecule is NCCCc1nnc(-c2ccc(Cl)cc2[N+](=O)[O-])o1. The van der Waals surface area contributed by atoms with E-state index in [4.69, 9.17) is 21.8 Å². The van der Waals surface area contributed by atoms with Gasteiger partial charge in [0.25, 0.3) is 11.6 Å². The zero-order valence-corrected chi connectivity index (χ0v) is 10.6. The van der Waals surface area contributed by atoms with Gasteiger partial charge in [0.15, 0.2) is 0 Å². The van der Waals surface area contributed by atoms with Crippen molar-refractivity contribution < 1.29 is 9.34 Å². The number of halogens is 1. The van der Waals surface area contributed by atoms with Gasteiger partial charge in [-0.1, -0.05) is 11.6 Å². The Bertz CT molecular complexity index is 599. The second-order valence-corrected chi connectivity index (χ2v) is 4.25. The molecule has 1 heterocycles. The van der Waals surface area contributed by atoms with Crippen LogP contribution in [-0.2, 0) is 6.42 Å². The summed E-state index contributed by atoms with van der Waals surface area (Å²) in [5, 5.41) is 18.9. The first-order chi connectivity index (χ1) is 9.11. The summed E-state index contributed by atoms with van der Waals surface area (Å²) in [6, 6.07) is 4.27. The van der Waals surface area contributed by atoms with Crippen LogP contribution in [0.1, 0.15) is 12.3 Å². The minimum atomic E-state index is -0.537. The van der Waals surface area contributed by atoms with Gasteiger partial charge in [-0.05, 0) is 25.1 Å². The third kappa shape index (κ3) is 3.07. The molecule has 7 nitrogen and oxygen atoms in total. The first kappa shape index (κ1) is 13.4. The number of hydrogen-bond acceptors (Lipinski definition) is 6. The van der Waals surface area contributed by atoms with Crippen LogP contribution in [-0.4, -0.2) is 21.7 Å². The van der Waals surface area contributed by atoms with Crippen molar-refractivity contribution >= 4 is 17.3 Å². The number of benzene rings is 1. The molecule has 2 N–H and O–H groups in total. The van der Waals surface area contributed by atoms with Gasteiger partial charge in [0.1, 0.15) is 5.56 Å². The maximum Gasteiger partial charge on any atom is 0.283 e. The van der Waals surface area contributed by atoms with Crippen LogP contribution < -0.4 is 5.73 Å². The Morgan fingerprint density at radius 2 is 2.21 bits per heavy atom. The summed E-state index contributed by atoms with van der Waals surface area (Å²) in [4.78, 5) is 10.4. The fourth-order valence-electron chi connectivity index (χ4n) is 1.55. The number of nitro groups is 1. The van der Waals surface area contributed by atoms with E-state index in [1.54, 1.807) is 0 Å². The van der Waals surface area contributed by atoms with Crippen molar-refractivity contribution in [3.63, 3.8) is 0 Å². The zero-order chi connectivity index (χ0) is 13.8. The first-order valence-electron chi connectivity index (χ1n) is 5.58. The molecule has 1 aromatic carbocycles. The molecule has 0 aliphatic heterocycles. The number of nitro benzene ring substituents is 1. The molecule has 1 aromatic heterocycles. The zero-order valence-electron chi connectivity index (χ0n) is 9.88. The van der Waals surface area contributed by atoms with E-state index in [2.05, 4.69) is 10.2 Å². The van der Waals surface area contributed by atoms with Crippen LogP contribution in [0.3, 0.4) is 0 Å². The fourth-order valence-corrected chi connectivity index (χ4v) is 1.72. The second kappa shape index (κ2) is 5.77. The summed E-state index contributed by atoms with van der Waals surface area (Å²) in [5.41, 5.74) is 5.47. The molecule has 2 rings (SSSR count). The third-order valence-corrected chi connectivity index (χ3v) is 2.68. The Kier molecular flexibility index (Phi) is 4.08. The van der Waals surface area contributed by atoms with Gasteiger partial charge in [0, 0.05) is 17.5 Å². The molecular formula is C11H11ClN4O3. The van der Waals surface area contributed by atoms with Crippen molar-refractivity contribution in [1.29, 1.82) is 0 Å². The number of aryl methyl sites for hydroxylation is 1. The maximum absolute atomic E-state index is 11.0. The average molecular weight is 283 g/mol. The van der Waals surface area contributed by atoms with Gasteiger partial charge in [-0.2, -0.15) is 0 Å². The molecule has 0 unspecified atom stereocenters. The topological polar surface area (TPSA) is 108 Å². The molecule has 0 atom stereocenters. The summed E-state index contributed by atoms with van der Waals surface area (Å²) in [6.07, 6.45) is 1.26. The number of rotatable bonds is 5. The molecule has 0 saturated carbocycles. The van der Waals surface area contributed by atoms with Crippen LogP contribution in [0.5, 0.6) is 0 Å². The maximum atomic E-state index is 11.0. The van der Waals surface area contributed by atoms with Crippen molar-refractivity contribution in [2.75, 3.05) is 6.54 Å². The van der Waals surface area contributed by atoms with Gasteiger partial charge in [-0.25, -0.2) is 0 Å². The van der Waals surface area contributed by atoms with Gasteiger partial charge in [-0.3, -0.25) is 10.1 Å². The lowest BCUT2D eigenvalue weighted by Gasteiger charge is -1.98. The quantitative estimate of drug-likeness (QED) is 0.665. The van der Waals surface area contributed by atoms with Crippen molar-refractivity contribution in [3.8, 4) is 11.5 Å². The van der Waals surface area contributed by atoms with Gasteiger partial charge >= 0.3 is 0 Å². The Morgan fingerprint density at radius 3 is 2.89 bits per heavy atom. The monoisotopic (exact) mass is 282 g/mol. The Hall–Kier alpha value is -1.99. The van der Waals surface area contributed by atoms with E-state index in [-0.39, 0.29) is 22.2 Å². The lowest BCUT2D eigenvalue weighted by atomic mass is 10.2.